The largest absolute Gasteiger partial charge is 0.135 e. The van der Waals surface area contributed by atoms with Crippen LogP contribution in [0.1, 0.15) is 68.9 Å². The van der Waals surface area contributed by atoms with Gasteiger partial charge in [0.25, 0.3) is 0 Å². The lowest BCUT2D eigenvalue weighted by molar-refractivity contribution is 0.572. The second-order valence-electron chi connectivity index (χ2n) is 10.9. The van der Waals surface area contributed by atoms with Crippen LogP contribution >= 0.6 is 11.3 Å². The lowest BCUT2D eigenvalue weighted by Gasteiger charge is -2.17. The highest BCUT2D eigenvalue weighted by Gasteiger charge is 2.31. The Balaban J connectivity index is 1.36. The standard InChI is InChI=1S/C37H34S/c1-2-3-4-5-6-10-16-29-34-24-26(25-13-8-7-9-14-25)18-19-27(34)30-20-23-33-31(36(29)30)21-22-32-28-15-11-12-17-35(28)38-37(32)33/h7-9,11-15,17-24,29H,2-6,10,16H2,1H3. The average Bonchev–Trinajstić information content (AvgIpc) is 3.51. The van der Waals surface area contributed by atoms with Crippen LogP contribution in [-0.4, -0.2) is 0 Å². The lowest BCUT2D eigenvalue weighted by Crippen LogP contribution is -1.99. The zero-order valence-electron chi connectivity index (χ0n) is 22.2. The third kappa shape index (κ3) is 3.96. The summed E-state index contributed by atoms with van der Waals surface area (Å²) in [5.41, 5.74) is 8.62. The van der Waals surface area contributed by atoms with E-state index >= 15 is 0 Å². The molecule has 38 heavy (non-hydrogen) atoms. The SMILES string of the molecule is CCCCCCCCC1c2cc(-c3ccccc3)ccc2-c2ccc3c(ccc4c5ccccc5sc34)c21. The Morgan fingerprint density at radius 3 is 2.18 bits per heavy atom. The maximum absolute atomic E-state index is 2.50. The minimum atomic E-state index is 0.463. The van der Waals surface area contributed by atoms with E-state index in [-0.39, 0.29) is 0 Å². The maximum atomic E-state index is 2.50. The van der Waals surface area contributed by atoms with Gasteiger partial charge in [0.05, 0.1) is 0 Å². The van der Waals surface area contributed by atoms with E-state index in [9.17, 15) is 0 Å². The van der Waals surface area contributed by atoms with Crippen molar-refractivity contribution in [3.63, 3.8) is 0 Å². The predicted molar refractivity (Wildman–Crippen MR) is 168 cm³/mol. The molecule has 1 aliphatic rings. The minimum absolute atomic E-state index is 0.463. The number of hydrogen-bond acceptors (Lipinski definition) is 1. The Morgan fingerprint density at radius 2 is 1.29 bits per heavy atom. The molecule has 7 rings (SSSR count). The summed E-state index contributed by atoms with van der Waals surface area (Å²) >= 11 is 1.95. The van der Waals surface area contributed by atoms with E-state index in [1.165, 1.54) is 104 Å². The van der Waals surface area contributed by atoms with Gasteiger partial charge in [-0.15, -0.1) is 11.3 Å². The molecule has 0 spiro atoms. The Labute approximate surface area is 230 Å². The number of benzene rings is 5. The van der Waals surface area contributed by atoms with Crippen LogP contribution in [0.3, 0.4) is 0 Å². The van der Waals surface area contributed by atoms with Crippen LogP contribution in [0.4, 0.5) is 0 Å². The van der Waals surface area contributed by atoms with Gasteiger partial charge in [0, 0.05) is 26.1 Å². The van der Waals surface area contributed by atoms with Gasteiger partial charge in [-0.3, -0.25) is 0 Å². The summed E-state index contributed by atoms with van der Waals surface area (Å²) in [7, 11) is 0. The molecule has 1 aromatic heterocycles. The Bertz CT molecular complexity index is 1750. The summed E-state index contributed by atoms with van der Waals surface area (Å²) in [6.45, 7) is 2.30. The lowest BCUT2D eigenvalue weighted by atomic mass is 9.87. The van der Waals surface area contributed by atoms with Gasteiger partial charge in [-0.25, -0.2) is 0 Å². The topological polar surface area (TPSA) is 0 Å². The number of thiophene rings is 1. The average molecular weight is 511 g/mol. The number of fused-ring (bicyclic) bond motifs is 9. The fourth-order valence-electron chi connectivity index (χ4n) is 6.71. The van der Waals surface area contributed by atoms with E-state index in [2.05, 4.69) is 104 Å². The third-order valence-corrected chi connectivity index (χ3v) is 9.82. The van der Waals surface area contributed by atoms with Crippen LogP contribution in [0.25, 0.3) is 53.2 Å². The van der Waals surface area contributed by atoms with Crippen molar-refractivity contribution in [1.82, 2.24) is 0 Å². The highest BCUT2D eigenvalue weighted by molar-refractivity contribution is 7.26. The van der Waals surface area contributed by atoms with Crippen LogP contribution in [-0.2, 0) is 0 Å². The molecule has 0 saturated carbocycles. The van der Waals surface area contributed by atoms with Gasteiger partial charge in [-0.1, -0.05) is 130 Å². The zero-order chi connectivity index (χ0) is 25.5. The van der Waals surface area contributed by atoms with Crippen molar-refractivity contribution in [2.24, 2.45) is 0 Å². The maximum Gasteiger partial charge on any atom is 0.0433 e. The van der Waals surface area contributed by atoms with Crippen LogP contribution in [0, 0.1) is 0 Å². The van der Waals surface area contributed by atoms with Crippen molar-refractivity contribution in [3.8, 4) is 22.3 Å². The fourth-order valence-corrected chi connectivity index (χ4v) is 7.94. The number of hydrogen-bond donors (Lipinski definition) is 0. The van der Waals surface area contributed by atoms with E-state index in [4.69, 9.17) is 0 Å². The van der Waals surface area contributed by atoms with E-state index < -0.39 is 0 Å². The van der Waals surface area contributed by atoms with Gasteiger partial charge in [-0.05, 0) is 62.7 Å². The molecule has 0 amide bonds. The van der Waals surface area contributed by atoms with Crippen molar-refractivity contribution in [2.45, 2.75) is 57.8 Å². The van der Waals surface area contributed by atoms with Crippen molar-refractivity contribution in [3.05, 3.63) is 108 Å². The van der Waals surface area contributed by atoms with E-state index in [1.54, 1.807) is 5.56 Å². The summed E-state index contributed by atoms with van der Waals surface area (Å²) in [6, 6.07) is 36.6. The first-order valence-electron chi connectivity index (χ1n) is 14.4. The van der Waals surface area contributed by atoms with Crippen LogP contribution in [0.5, 0.6) is 0 Å². The Morgan fingerprint density at radius 1 is 0.579 bits per heavy atom. The fraction of sp³-hybridized carbons (Fsp3) is 0.243. The quantitative estimate of drug-likeness (QED) is 0.179. The molecule has 6 aromatic rings. The van der Waals surface area contributed by atoms with Crippen molar-refractivity contribution >= 4 is 42.3 Å². The van der Waals surface area contributed by atoms with E-state index in [0.717, 1.165) is 0 Å². The summed E-state index contributed by atoms with van der Waals surface area (Å²) in [5, 5.41) is 5.66. The van der Waals surface area contributed by atoms with E-state index in [0.29, 0.717) is 5.92 Å². The molecular formula is C37H34S. The molecule has 1 heterocycles. The first kappa shape index (κ1) is 23.7. The Hall–Kier alpha value is -3.42. The van der Waals surface area contributed by atoms with Gasteiger partial charge in [0.1, 0.15) is 0 Å². The molecule has 188 valence electrons. The van der Waals surface area contributed by atoms with Crippen molar-refractivity contribution < 1.29 is 0 Å². The zero-order valence-corrected chi connectivity index (χ0v) is 23.0. The highest BCUT2D eigenvalue weighted by Crippen LogP contribution is 2.52. The molecule has 0 N–H and O–H groups in total. The van der Waals surface area contributed by atoms with Crippen LogP contribution in [0.15, 0.2) is 97.1 Å². The normalized spacial score (nSPS) is 14.4. The monoisotopic (exact) mass is 510 g/mol. The summed E-state index contributed by atoms with van der Waals surface area (Å²) in [4.78, 5) is 0. The van der Waals surface area contributed by atoms with Crippen LogP contribution < -0.4 is 0 Å². The van der Waals surface area contributed by atoms with Crippen molar-refractivity contribution in [1.29, 1.82) is 0 Å². The van der Waals surface area contributed by atoms with E-state index in [1.807, 2.05) is 11.3 Å². The van der Waals surface area contributed by atoms with Gasteiger partial charge in [0.2, 0.25) is 0 Å². The molecule has 1 aliphatic carbocycles. The summed E-state index contributed by atoms with van der Waals surface area (Å²) in [5.74, 6) is 0.463. The predicted octanol–water partition coefficient (Wildman–Crippen LogP) is 11.7. The first-order valence-corrected chi connectivity index (χ1v) is 15.2. The molecule has 0 aliphatic heterocycles. The smallest absolute Gasteiger partial charge is 0.0433 e. The molecule has 1 unspecified atom stereocenters. The minimum Gasteiger partial charge on any atom is -0.135 e. The molecule has 5 aromatic carbocycles. The van der Waals surface area contributed by atoms with Crippen molar-refractivity contribution in [2.75, 3.05) is 0 Å². The molecular weight excluding hydrogens is 476 g/mol. The molecule has 1 atom stereocenters. The molecule has 0 saturated heterocycles. The van der Waals surface area contributed by atoms with Crippen LogP contribution in [0.2, 0.25) is 0 Å². The highest BCUT2D eigenvalue weighted by atomic mass is 32.1. The summed E-state index contributed by atoms with van der Waals surface area (Å²) < 4.78 is 2.82. The molecule has 1 heteroatoms. The Kier molecular flexibility index (Phi) is 6.26. The number of rotatable bonds is 8. The number of unbranched alkanes of at least 4 members (excludes halogenated alkanes) is 5. The third-order valence-electron chi connectivity index (χ3n) is 8.60. The first-order chi connectivity index (χ1) is 18.8. The summed E-state index contributed by atoms with van der Waals surface area (Å²) in [6.07, 6.45) is 9.28. The molecule has 0 nitrogen and oxygen atoms in total. The molecule has 0 fully saturated rings. The van der Waals surface area contributed by atoms with Gasteiger partial charge >= 0.3 is 0 Å². The molecule has 0 bridgehead atoms. The van der Waals surface area contributed by atoms with Gasteiger partial charge in [-0.2, -0.15) is 0 Å². The van der Waals surface area contributed by atoms with Gasteiger partial charge in [0.15, 0.2) is 0 Å². The van der Waals surface area contributed by atoms with Gasteiger partial charge < -0.3 is 0 Å². The second kappa shape index (κ2) is 10.0. The second-order valence-corrected chi connectivity index (χ2v) is 12.0. The molecule has 0 radical (unpaired) electrons.